The first-order chi connectivity index (χ1) is 9.67. The lowest BCUT2D eigenvalue weighted by atomic mass is 10.00. The Balaban J connectivity index is 1.87. The summed E-state index contributed by atoms with van der Waals surface area (Å²) in [4.78, 5) is 11.9. The molecule has 20 heavy (non-hydrogen) atoms. The van der Waals surface area contributed by atoms with Crippen molar-refractivity contribution in [1.29, 1.82) is 5.26 Å². The largest absolute Gasteiger partial charge is 0.484 e. The fraction of sp³-hybridized carbons (Fsp3) is 0.467. The number of rotatable bonds is 5. The number of carbonyl (C=O) groups is 1. The summed E-state index contributed by atoms with van der Waals surface area (Å²) in [6.45, 7) is 0.346. The molecule has 5 heteroatoms. The molecule has 1 fully saturated rings. The Morgan fingerprint density at radius 3 is 2.85 bits per heavy atom. The Morgan fingerprint density at radius 2 is 2.20 bits per heavy atom. The summed E-state index contributed by atoms with van der Waals surface area (Å²) in [7, 11) is 0. The van der Waals surface area contributed by atoms with Gasteiger partial charge in [0.05, 0.1) is 6.07 Å². The Morgan fingerprint density at radius 1 is 1.45 bits per heavy atom. The van der Waals surface area contributed by atoms with Crippen molar-refractivity contribution in [3.63, 3.8) is 0 Å². The van der Waals surface area contributed by atoms with Crippen molar-refractivity contribution in [2.24, 2.45) is 5.73 Å². The molecule has 0 bridgehead atoms. The number of hydrogen-bond acceptors (Lipinski definition) is 4. The topological polar surface area (TPSA) is 88.1 Å². The number of nitrogens with zero attached hydrogens (tertiary/aromatic N) is 1. The van der Waals surface area contributed by atoms with Gasteiger partial charge in [-0.05, 0) is 43.4 Å². The molecule has 2 rings (SSSR count). The third kappa shape index (κ3) is 3.49. The number of nitrogens with one attached hydrogen (secondary N) is 1. The van der Waals surface area contributed by atoms with Gasteiger partial charge >= 0.3 is 0 Å². The van der Waals surface area contributed by atoms with Crippen LogP contribution in [0.3, 0.4) is 0 Å². The van der Waals surface area contributed by atoms with Gasteiger partial charge in [-0.25, -0.2) is 0 Å². The van der Waals surface area contributed by atoms with Gasteiger partial charge in [0, 0.05) is 6.54 Å². The Bertz CT molecular complexity index is 516. The van der Waals surface area contributed by atoms with E-state index < -0.39 is 5.54 Å². The van der Waals surface area contributed by atoms with Crippen LogP contribution in [0.25, 0.3) is 0 Å². The quantitative estimate of drug-likeness (QED) is 0.850. The van der Waals surface area contributed by atoms with E-state index in [2.05, 4.69) is 11.4 Å². The van der Waals surface area contributed by atoms with Crippen LogP contribution in [0.1, 0.15) is 31.2 Å². The molecule has 0 radical (unpaired) electrons. The Hall–Kier alpha value is -2.06. The Labute approximate surface area is 118 Å². The van der Waals surface area contributed by atoms with Crippen molar-refractivity contribution in [3.8, 4) is 11.8 Å². The molecular formula is C15H19N3O2. The predicted octanol–water partition coefficient (Wildman–Crippen LogP) is 1.48. The van der Waals surface area contributed by atoms with Crippen molar-refractivity contribution in [3.05, 3.63) is 29.8 Å². The van der Waals surface area contributed by atoms with Crippen molar-refractivity contribution >= 4 is 5.91 Å². The highest BCUT2D eigenvalue weighted by Crippen LogP contribution is 2.28. The summed E-state index contributed by atoms with van der Waals surface area (Å²) in [5, 5.41) is 12.0. The normalized spacial score (nSPS) is 16.4. The SMILES string of the molecule is N#CC1(NC(=O)COc2cccc(CN)c2)CCCC1. The van der Waals surface area contributed by atoms with Gasteiger partial charge in [-0.3, -0.25) is 4.79 Å². The number of nitrogens with two attached hydrogens (primary N) is 1. The molecule has 0 aliphatic heterocycles. The predicted molar refractivity (Wildman–Crippen MR) is 74.8 cm³/mol. The molecule has 5 nitrogen and oxygen atoms in total. The summed E-state index contributed by atoms with van der Waals surface area (Å²) < 4.78 is 5.43. The van der Waals surface area contributed by atoms with Gasteiger partial charge in [-0.15, -0.1) is 0 Å². The molecule has 1 saturated carbocycles. The molecule has 1 aliphatic carbocycles. The van der Waals surface area contributed by atoms with E-state index in [1.807, 2.05) is 18.2 Å². The smallest absolute Gasteiger partial charge is 0.259 e. The number of benzene rings is 1. The molecular weight excluding hydrogens is 254 g/mol. The van der Waals surface area contributed by atoms with E-state index in [9.17, 15) is 10.1 Å². The highest BCUT2D eigenvalue weighted by molar-refractivity contribution is 5.79. The van der Waals surface area contributed by atoms with Crippen molar-refractivity contribution in [2.75, 3.05) is 6.61 Å². The standard InChI is InChI=1S/C15H19N3O2/c16-9-12-4-3-5-13(8-12)20-10-14(19)18-15(11-17)6-1-2-7-15/h3-5,8H,1-2,6-7,9-10,16H2,(H,18,19). The van der Waals surface area contributed by atoms with Crippen LogP contribution in [0.5, 0.6) is 5.75 Å². The maximum absolute atomic E-state index is 11.9. The van der Waals surface area contributed by atoms with Gasteiger partial charge in [0.1, 0.15) is 11.3 Å². The van der Waals surface area contributed by atoms with Gasteiger partial charge in [-0.1, -0.05) is 12.1 Å². The number of ether oxygens (including phenoxy) is 1. The summed E-state index contributed by atoms with van der Waals surface area (Å²) >= 11 is 0. The van der Waals surface area contributed by atoms with Gasteiger partial charge in [0.25, 0.3) is 5.91 Å². The molecule has 1 aromatic carbocycles. The second-order valence-corrected chi connectivity index (χ2v) is 5.09. The van der Waals surface area contributed by atoms with Gasteiger partial charge in [-0.2, -0.15) is 5.26 Å². The highest BCUT2D eigenvalue weighted by Gasteiger charge is 2.35. The van der Waals surface area contributed by atoms with Crippen LogP contribution in [-0.2, 0) is 11.3 Å². The molecule has 0 unspecified atom stereocenters. The highest BCUT2D eigenvalue weighted by atomic mass is 16.5. The summed E-state index contributed by atoms with van der Waals surface area (Å²) in [5.74, 6) is 0.354. The lowest BCUT2D eigenvalue weighted by Gasteiger charge is -2.21. The third-order valence-electron chi connectivity index (χ3n) is 3.55. The lowest BCUT2D eigenvalue weighted by Crippen LogP contribution is -2.47. The molecule has 0 atom stereocenters. The summed E-state index contributed by atoms with van der Waals surface area (Å²) in [5.41, 5.74) is 5.80. The third-order valence-corrected chi connectivity index (χ3v) is 3.55. The van der Waals surface area contributed by atoms with E-state index in [0.717, 1.165) is 31.2 Å². The number of carbonyl (C=O) groups excluding carboxylic acids is 1. The van der Waals surface area contributed by atoms with Crippen molar-refractivity contribution < 1.29 is 9.53 Å². The minimum Gasteiger partial charge on any atom is -0.484 e. The average Bonchev–Trinajstić information content (AvgIpc) is 2.94. The lowest BCUT2D eigenvalue weighted by molar-refractivity contribution is -0.124. The second kappa shape index (κ2) is 6.40. The second-order valence-electron chi connectivity index (χ2n) is 5.09. The van der Waals surface area contributed by atoms with E-state index in [1.54, 1.807) is 6.07 Å². The molecule has 1 aromatic rings. The zero-order valence-electron chi connectivity index (χ0n) is 11.4. The van der Waals surface area contributed by atoms with Crippen LogP contribution in [0.15, 0.2) is 24.3 Å². The van der Waals surface area contributed by atoms with Gasteiger partial charge in [0.2, 0.25) is 0 Å². The van der Waals surface area contributed by atoms with E-state index in [4.69, 9.17) is 10.5 Å². The molecule has 0 spiro atoms. The van der Waals surface area contributed by atoms with Gasteiger partial charge in [0.15, 0.2) is 6.61 Å². The molecule has 0 aromatic heterocycles. The fourth-order valence-corrected chi connectivity index (χ4v) is 2.46. The molecule has 0 heterocycles. The first-order valence-corrected chi connectivity index (χ1v) is 6.81. The zero-order valence-corrected chi connectivity index (χ0v) is 11.4. The van der Waals surface area contributed by atoms with Crippen LogP contribution in [0.4, 0.5) is 0 Å². The molecule has 1 amide bonds. The maximum atomic E-state index is 11.9. The first kappa shape index (κ1) is 14.4. The minimum atomic E-state index is -0.695. The average molecular weight is 273 g/mol. The molecule has 3 N–H and O–H groups in total. The Kier molecular flexibility index (Phi) is 4.59. The van der Waals surface area contributed by atoms with Crippen LogP contribution >= 0.6 is 0 Å². The monoisotopic (exact) mass is 273 g/mol. The van der Waals surface area contributed by atoms with E-state index >= 15 is 0 Å². The van der Waals surface area contributed by atoms with E-state index in [1.165, 1.54) is 0 Å². The maximum Gasteiger partial charge on any atom is 0.259 e. The van der Waals surface area contributed by atoms with E-state index in [-0.39, 0.29) is 12.5 Å². The molecule has 0 saturated heterocycles. The fourth-order valence-electron chi connectivity index (χ4n) is 2.46. The number of hydrogen-bond donors (Lipinski definition) is 2. The summed E-state index contributed by atoms with van der Waals surface area (Å²) in [6, 6.07) is 9.54. The first-order valence-electron chi connectivity index (χ1n) is 6.81. The van der Waals surface area contributed by atoms with E-state index in [0.29, 0.717) is 12.3 Å². The van der Waals surface area contributed by atoms with Crippen LogP contribution < -0.4 is 15.8 Å². The molecule has 1 aliphatic rings. The van der Waals surface area contributed by atoms with Crippen molar-refractivity contribution in [2.45, 2.75) is 37.8 Å². The van der Waals surface area contributed by atoms with Crippen LogP contribution in [-0.4, -0.2) is 18.1 Å². The molecule has 106 valence electrons. The van der Waals surface area contributed by atoms with Crippen LogP contribution in [0, 0.1) is 11.3 Å². The minimum absolute atomic E-state index is 0.0859. The summed E-state index contributed by atoms with van der Waals surface area (Å²) in [6.07, 6.45) is 3.40. The van der Waals surface area contributed by atoms with Crippen LogP contribution in [0.2, 0.25) is 0 Å². The number of nitriles is 1. The van der Waals surface area contributed by atoms with Crippen molar-refractivity contribution in [1.82, 2.24) is 5.32 Å². The number of amides is 1. The zero-order chi connectivity index (χ0) is 14.4. The van der Waals surface area contributed by atoms with Gasteiger partial charge < -0.3 is 15.8 Å².